The normalized spacial score (nSPS) is 13.2. The summed E-state index contributed by atoms with van der Waals surface area (Å²) in [5.74, 6) is 0.129. The fraction of sp³-hybridized carbons (Fsp3) is 0.286. The van der Waals surface area contributed by atoms with Crippen LogP contribution in [-0.2, 0) is 17.6 Å². The largest absolute Gasteiger partial charge is 0.507 e. The number of aromatic hydroxyl groups is 1. The zero-order chi connectivity index (χ0) is 23.2. The van der Waals surface area contributed by atoms with Gasteiger partial charge in [-0.1, -0.05) is 13.0 Å². The minimum atomic E-state index is -4.64. The van der Waals surface area contributed by atoms with Crippen molar-refractivity contribution in [3.63, 3.8) is 0 Å². The van der Waals surface area contributed by atoms with E-state index in [0.29, 0.717) is 17.1 Å². The van der Waals surface area contributed by atoms with Crippen molar-refractivity contribution in [1.82, 2.24) is 0 Å². The summed E-state index contributed by atoms with van der Waals surface area (Å²) in [4.78, 5) is 10.7. The van der Waals surface area contributed by atoms with Crippen molar-refractivity contribution in [2.24, 2.45) is 0 Å². The van der Waals surface area contributed by atoms with Crippen LogP contribution in [0.15, 0.2) is 42.0 Å². The van der Waals surface area contributed by atoms with Crippen LogP contribution in [0.3, 0.4) is 0 Å². The highest BCUT2D eigenvalue weighted by atomic mass is 19.4. The Morgan fingerprint density at radius 3 is 2.35 bits per heavy atom. The van der Waals surface area contributed by atoms with Crippen LogP contribution in [-0.4, -0.2) is 24.2 Å². The fourth-order valence-corrected chi connectivity index (χ4v) is 2.39. The Hall–Kier alpha value is -3.17. The number of phenolic OH excluding ortho intramolecular Hbond substituents is 1. The predicted molar refractivity (Wildman–Crippen MR) is 99.8 cm³/mol. The van der Waals surface area contributed by atoms with E-state index >= 15 is 0 Å². The lowest BCUT2D eigenvalue weighted by Gasteiger charge is -2.16. The predicted octanol–water partition coefficient (Wildman–Crippen LogP) is 5.92. The third-order valence-electron chi connectivity index (χ3n) is 4.04. The number of benzene rings is 2. The minimum absolute atomic E-state index is 0.0996. The van der Waals surface area contributed by atoms with Crippen molar-refractivity contribution in [3.8, 4) is 17.2 Å². The first-order valence-corrected chi connectivity index (χ1v) is 8.94. The number of phenols is 1. The quantitative estimate of drug-likeness (QED) is 0.466. The Morgan fingerprint density at radius 2 is 1.77 bits per heavy atom. The molecule has 3 rings (SSSR count). The zero-order valence-electron chi connectivity index (χ0n) is 16.2. The Kier molecular flexibility index (Phi) is 7.59. The molecule has 0 bridgehead atoms. The lowest BCUT2D eigenvalue weighted by molar-refractivity contribution is -0.138. The molecule has 168 valence electrons. The molecule has 0 saturated carbocycles. The van der Waals surface area contributed by atoms with E-state index in [-0.39, 0.29) is 18.8 Å². The Balaban J connectivity index is 0.000000501. The summed E-state index contributed by atoms with van der Waals surface area (Å²) in [5, 5.41) is 9.32. The van der Waals surface area contributed by atoms with Crippen LogP contribution in [0.25, 0.3) is 6.08 Å². The fourth-order valence-electron chi connectivity index (χ4n) is 2.39. The van der Waals surface area contributed by atoms with Gasteiger partial charge in [0.15, 0.2) is 0 Å². The van der Waals surface area contributed by atoms with Gasteiger partial charge in [-0.25, -0.2) is 0 Å². The van der Waals surface area contributed by atoms with Crippen molar-refractivity contribution < 1.29 is 45.7 Å². The minimum Gasteiger partial charge on any atom is -0.507 e. The van der Waals surface area contributed by atoms with Gasteiger partial charge in [0.1, 0.15) is 36.7 Å². The highest BCUT2D eigenvalue weighted by Gasteiger charge is 2.34. The van der Waals surface area contributed by atoms with Crippen molar-refractivity contribution in [2.75, 3.05) is 6.61 Å². The van der Waals surface area contributed by atoms with Gasteiger partial charge in [0, 0.05) is 23.6 Å². The number of rotatable bonds is 4. The van der Waals surface area contributed by atoms with Crippen molar-refractivity contribution in [3.05, 3.63) is 58.7 Å². The number of carbonyl (C=O) groups excluding carboxylic acids is 1. The number of hydrogen-bond donors (Lipinski definition) is 1. The monoisotopic (exact) mass is 448 g/mol. The van der Waals surface area contributed by atoms with Gasteiger partial charge in [0.25, 0.3) is 0 Å². The molecule has 0 spiro atoms. The second-order valence-corrected chi connectivity index (χ2v) is 6.43. The molecule has 1 aliphatic heterocycles. The highest BCUT2D eigenvalue weighted by molar-refractivity contribution is 5.84. The first-order chi connectivity index (χ1) is 14.4. The van der Waals surface area contributed by atoms with Crippen LogP contribution < -0.4 is 9.47 Å². The molecule has 10 heteroatoms. The molecule has 0 unspecified atom stereocenters. The van der Waals surface area contributed by atoms with Crippen LogP contribution in [0.5, 0.6) is 17.2 Å². The van der Waals surface area contributed by atoms with Crippen LogP contribution in [0.2, 0.25) is 0 Å². The molecular weight excluding hydrogens is 430 g/mol. The molecule has 1 heterocycles. The molecule has 1 N–H and O–H groups in total. The molecule has 0 aliphatic carbocycles. The van der Waals surface area contributed by atoms with Crippen LogP contribution >= 0.6 is 0 Å². The molecule has 4 nitrogen and oxygen atoms in total. The van der Waals surface area contributed by atoms with Gasteiger partial charge < -0.3 is 14.6 Å². The number of carbonyl (C=O) groups is 1. The van der Waals surface area contributed by atoms with Crippen molar-refractivity contribution in [2.45, 2.75) is 32.3 Å². The molecular formula is C21H18F6O4. The number of alkyl halides is 6. The second-order valence-electron chi connectivity index (χ2n) is 6.43. The van der Waals surface area contributed by atoms with Crippen molar-refractivity contribution >= 4 is 12.4 Å². The lowest BCUT2D eigenvalue weighted by atomic mass is 10.1. The van der Waals surface area contributed by atoms with E-state index in [1.807, 2.05) is 0 Å². The van der Waals surface area contributed by atoms with Gasteiger partial charge in [0.05, 0.1) is 5.56 Å². The summed E-state index contributed by atoms with van der Waals surface area (Å²) >= 11 is 0. The maximum Gasteiger partial charge on any atom is 0.419 e. The van der Waals surface area contributed by atoms with Gasteiger partial charge in [-0.05, 0) is 35.9 Å². The maximum atomic E-state index is 12.8. The summed E-state index contributed by atoms with van der Waals surface area (Å²) in [6.07, 6.45) is -6.91. The Labute approximate surface area is 173 Å². The van der Waals surface area contributed by atoms with Crippen molar-refractivity contribution in [1.29, 1.82) is 0 Å². The maximum absolute atomic E-state index is 12.8. The molecule has 31 heavy (non-hydrogen) atoms. The third-order valence-corrected chi connectivity index (χ3v) is 4.04. The Bertz CT molecular complexity index is 948. The van der Waals surface area contributed by atoms with E-state index in [0.717, 1.165) is 30.9 Å². The molecule has 0 saturated heterocycles. The van der Waals surface area contributed by atoms with E-state index in [4.69, 9.17) is 9.47 Å². The summed E-state index contributed by atoms with van der Waals surface area (Å²) in [6, 6.07) is 8.15. The average Bonchev–Trinajstić information content (AvgIpc) is 2.71. The number of fused-ring (bicyclic) bond motifs is 1. The molecule has 2 aromatic carbocycles. The zero-order valence-corrected chi connectivity index (χ0v) is 16.2. The van der Waals surface area contributed by atoms with Gasteiger partial charge in [-0.3, -0.25) is 4.79 Å². The number of ether oxygens (including phenoxy) is 2. The third kappa shape index (κ3) is 7.23. The Morgan fingerprint density at radius 1 is 1.10 bits per heavy atom. The molecule has 0 amide bonds. The SMILES string of the molecule is CCC(F)(F)F.O=CC1=Cc2ccc(OCc3ccc(O)c(C(F)(F)F)c3)cc2OC1. The van der Waals surface area contributed by atoms with Crippen LogP contribution in [0.1, 0.15) is 30.0 Å². The topological polar surface area (TPSA) is 55.8 Å². The van der Waals surface area contributed by atoms with E-state index in [1.54, 1.807) is 24.3 Å². The van der Waals surface area contributed by atoms with Gasteiger partial charge in [0.2, 0.25) is 0 Å². The first-order valence-electron chi connectivity index (χ1n) is 8.94. The van der Waals surface area contributed by atoms with Gasteiger partial charge in [-0.2, -0.15) is 26.3 Å². The second kappa shape index (κ2) is 9.76. The number of aldehydes is 1. The van der Waals surface area contributed by atoms with Gasteiger partial charge in [-0.15, -0.1) is 0 Å². The van der Waals surface area contributed by atoms with E-state index in [1.165, 1.54) is 6.07 Å². The summed E-state index contributed by atoms with van der Waals surface area (Å²) in [5.41, 5.74) is 0.412. The van der Waals surface area contributed by atoms with Crippen LogP contribution in [0.4, 0.5) is 26.3 Å². The molecule has 0 radical (unpaired) electrons. The molecule has 0 fully saturated rings. The summed E-state index contributed by atoms with van der Waals surface area (Å²) in [6.45, 7) is 1.14. The summed E-state index contributed by atoms with van der Waals surface area (Å²) < 4.78 is 81.7. The molecule has 2 aromatic rings. The lowest BCUT2D eigenvalue weighted by Crippen LogP contribution is -2.08. The number of hydrogen-bond acceptors (Lipinski definition) is 4. The average molecular weight is 448 g/mol. The number of halogens is 6. The van der Waals surface area contributed by atoms with E-state index in [2.05, 4.69) is 0 Å². The van der Waals surface area contributed by atoms with Crippen LogP contribution in [0, 0.1) is 0 Å². The smallest absolute Gasteiger partial charge is 0.419 e. The first kappa shape index (κ1) is 24.1. The van der Waals surface area contributed by atoms with Gasteiger partial charge >= 0.3 is 12.4 Å². The molecule has 0 aromatic heterocycles. The standard InChI is InChI=1S/C18H13F3O4.C3H5F3/c19-18(20,21)15-6-11(1-4-16(15)23)9-24-14-3-2-13-5-12(8-22)10-25-17(13)7-14;1-2-3(4,5)6/h1-8,23H,9-10H2;2H2,1H3. The van der Waals surface area contributed by atoms with E-state index < -0.39 is 30.1 Å². The molecule has 0 atom stereocenters. The summed E-state index contributed by atoms with van der Waals surface area (Å²) in [7, 11) is 0. The highest BCUT2D eigenvalue weighted by Crippen LogP contribution is 2.36. The molecule has 1 aliphatic rings. The van der Waals surface area contributed by atoms with E-state index in [9.17, 15) is 36.2 Å².